The summed E-state index contributed by atoms with van der Waals surface area (Å²) in [5, 5.41) is 0. The highest BCUT2D eigenvalue weighted by Crippen LogP contribution is 2.41. The van der Waals surface area contributed by atoms with Crippen molar-refractivity contribution in [3.63, 3.8) is 0 Å². The van der Waals surface area contributed by atoms with Gasteiger partial charge in [0.05, 0.1) is 0 Å². The first-order valence-electron chi connectivity index (χ1n) is 5.05. The van der Waals surface area contributed by atoms with E-state index in [1.807, 2.05) is 0 Å². The Morgan fingerprint density at radius 1 is 1.33 bits per heavy atom. The number of piperidine rings is 1. The van der Waals surface area contributed by atoms with Crippen molar-refractivity contribution in [2.24, 2.45) is 5.92 Å². The van der Waals surface area contributed by atoms with Crippen molar-refractivity contribution in [1.29, 1.82) is 0 Å². The van der Waals surface area contributed by atoms with E-state index in [-0.39, 0.29) is 0 Å². The fraction of sp³-hybridized carbons (Fsp3) is 1.00. The number of nitrogens with zero attached hydrogens (tertiary/aromatic N) is 2. The summed E-state index contributed by atoms with van der Waals surface area (Å²) in [6.45, 7) is 6.28. The van der Waals surface area contributed by atoms with Gasteiger partial charge in [-0.1, -0.05) is 6.92 Å². The third kappa shape index (κ3) is 1.01. The van der Waals surface area contributed by atoms with Crippen molar-refractivity contribution in [2.45, 2.75) is 25.3 Å². The number of likely N-dealkylation sites (N-methyl/N-ethyl adjacent to an activating group) is 2. The molecule has 2 atom stereocenters. The maximum absolute atomic E-state index is 2.55. The SMILES string of the molecule is CC1CN(C)C12CCCN(C)C2. The number of rotatable bonds is 0. The molecule has 2 aliphatic heterocycles. The lowest BCUT2D eigenvalue weighted by atomic mass is 9.70. The smallest absolute Gasteiger partial charge is 0.0371 e. The normalized spacial score (nSPS) is 44.8. The minimum absolute atomic E-state index is 0.549. The van der Waals surface area contributed by atoms with E-state index in [0.717, 1.165) is 5.92 Å². The van der Waals surface area contributed by atoms with Gasteiger partial charge in [-0.3, -0.25) is 4.90 Å². The Kier molecular flexibility index (Phi) is 1.92. The molecule has 2 saturated heterocycles. The van der Waals surface area contributed by atoms with Crippen molar-refractivity contribution >= 4 is 0 Å². The third-order valence-corrected chi connectivity index (χ3v) is 3.92. The summed E-state index contributed by atoms with van der Waals surface area (Å²) in [5.74, 6) is 0.908. The molecule has 2 heteroatoms. The molecule has 0 bridgehead atoms. The van der Waals surface area contributed by atoms with Gasteiger partial charge < -0.3 is 4.90 Å². The highest BCUT2D eigenvalue weighted by molar-refractivity contribution is 5.06. The summed E-state index contributed by atoms with van der Waals surface area (Å²) in [4.78, 5) is 5.03. The molecule has 0 aromatic rings. The Labute approximate surface area is 75.5 Å². The van der Waals surface area contributed by atoms with Gasteiger partial charge in [0.25, 0.3) is 0 Å². The van der Waals surface area contributed by atoms with Gasteiger partial charge in [0.2, 0.25) is 0 Å². The average Bonchev–Trinajstić information content (AvgIpc) is 2.05. The van der Waals surface area contributed by atoms with E-state index in [2.05, 4.69) is 30.8 Å². The van der Waals surface area contributed by atoms with Crippen LogP contribution in [0.2, 0.25) is 0 Å². The molecule has 0 N–H and O–H groups in total. The van der Waals surface area contributed by atoms with Crippen LogP contribution >= 0.6 is 0 Å². The van der Waals surface area contributed by atoms with Crippen molar-refractivity contribution in [2.75, 3.05) is 33.7 Å². The van der Waals surface area contributed by atoms with Gasteiger partial charge in [0.15, 0.2) is 0 Å². The van der Waals surface area contributed by atoms with Crippen molar-refractivity contribution in [3.05, 3.63) is 0 Å². The molecule has 2 fully saturated rings. The van der Waals surface area contributed by atoms with Gasteiger partial charge in [-0.15, -0.1) is 0 Å². The second-order valence-corrected chi connectivity index (χ2v) is 4.73. The van der Waals surface area contributed by atoms with Gasteiger partial charge in [-0.05, 0) is 39.4 Å². The van der Waals surface area contributed by atoms with Crippen LogP contribution in [0.5, 0.6) is 0 Å². The molecule has 0 aromatic carbocycles. The third-order valence-electron chi connectivity index (χ3n) is 3.92. The first-order chi connectivity index (χ1) is 5.65. The Balaban J connectivity index is 2.08. The predicted molar refractivity (Wildman–Crippen MR) is 51.3 cm³/mol. The topological polar surface area (TPSA) is 6.48 Å². The molecule has 0 saturated carbocycles. The van der Waals surface area contributed by atoms with Crippen molar-refractivity contribution in [1.82, 2.24) is 9.80 Å². The van der Waals surface area contributed by atoms with Crippen LogP contribution in [0.4, 0.5) is 0 Å². The molecule has 2 rings (SSSR count). The quantitative estimate of drug-likeness (QED) is 0.533. The fourth-order valence-electron chi connectivity index (χ4n) is 3.02. The van der Waals surface area contributed by atoms with E-state index in [0.29, 0.717) is 5.54 Å². The predicted octanol–water partition coefficient (Wildman–Crippen LogP) is 1.03. The molecule has 0 amide bonds. The van der Waals surface area contributed by atoms with E-state index in [1.54, 1.807) is 0 Å². The van der Waals surface area contributed by atoms with E-state index in [9.17, 15) is 0 Å². The maximum Gasteiger partial charge on any atom is 0.0371 e. The van der Waals surface area contributed by atoms with Crippen LogP contribution in [0.3, 0.4) is 0 Å². The van der Waals surface area contributed by atoms with Crippen molar-refractivity contribution in [3.8, 4) is 0 Å². The van der Waals surface area contributed by atoms with Gasteiger partial charge in [0, 0.05) is 18.6 Å². The summed E-state index contributed by atoms with van der Waals surface area (Å²) in [7, 11) is 4.53. The van der Waals surface area contributed by atoms with Gasteiger partial charge in [-0.2, -0.15) is 0 Å². The summed E-state index contributed by atoms with van der Waals surface area (Å²) < 4.78 is 0. The minimum Gasteiger partial charge on any atom is -0.305 e. The Bertz CT molecular complexity index is 171. The summed E-state index contributed by atoms with van der Waals surface area (Å²) >= 11 is 0. The number of likely N-dealkylation sites (tertiary alicyclic amines) is 2. The molecule has 2 unspecified atom stereocenters. The van der Waals surface area contributed by atoms with Crippen molar-refractivity contribution < 1.29 is 0 Å². The molecule has 12 heavy (non-hydrogen) atoms. The largest absolute Gasteiger partial charge is 0.305 e. The summed E-state index contributed by atoms with van der Waals surface area (Å²) in [5.41, 5.74) is 0.549. The average molecular weight is 168 g/mol. The molecule has 1 spiro atoms. The van der Waals surface area contributed by atoms with Crippen LogP contribution in [0.25, 0.3) is 0 Å². The lowest BCUT2D eigenvalue weighted by Gasteiger charge is -2.60. The highest BCUT2D eigenvalue weighted by atomic mass is 15.3. The molecule has 2 heterocycles. The molecular formula is C10H20N2. The molecule has 2 aliphatic rings. The highest BCUT2D eigenvalue weighted by Gasteiger charge is 2.49. The zero-order valence-corrected chi connectivity index (χ0v) is 8.51. The maximum atomic E-state index is 2.55. The van der Waals surface area contributed by atoms with Crippen LogP contribution in [0.1, 0.15) is 19.8 Å². The minimum atomic E-state index is 0.549. The molecular weight excluding hydrogens is 148 g/mol. The molecule has 0 radical (unpaired) electrons. The molecule has 0 aromatic heterocycles. The second-order valence-electron chi connectivity index (χ2n) is 4.73. The second kappa shape index (κ2) is 2.71. The van der Waals surface area contributed by atoms with Crippen LogP contribution in [0.15, 0.2) is 0 Å². The van der Waals surface area contributed by atoms with E-state index in [1.165, 1.54) is 32.5 Å². The zero-order chi connectivity index (χ0) is 8.77. The molecule has 70 valence electrons. The van der Waals surface area contributed by atoms with Crippen LogP contribution < -0.4 is 0 Å². The fourth-order valence-corrected chi connectivity index (χ4v) is 3.02. The number of hydrogen-bond donors (Lipinski definition) is 0. The van der Waals surface area contributed by atoms with E-state index >= 15 is 0 Å². The summed E-state index contributed by atoms with van der Waals surface area (Å²) in [6, 6.07) is 0. The standard InChI is InChI=1S/C10H20N2/c1-9-7-12(3)10(9)5-4-6-11(2)8-10/h9H,4-8H2,1-3H3. The van der Waals surface area contributed by atoms with Crippen LogP contribution in [0, 0.1) is 5.92 Å². The Morgan fingerprint density at radius 3 is 2.50 bits per heavy atom. The monoisotopic (exact) mass is 168 g/mol. The Hall–Kier alpha value is -0.0800. The lowest BCUT2D eigenvalue weighted by Crippen LogP contribution is -2.70. The van der Waals surface area contributed by atoms with Crippen LogP contribution in [-0.4, -0.2) is 49.1 Å². The lowest BCUT2D eigenvalue weighted by molar-refractivity contribution is -0.0930. The molecule has 2 nitrogen and oxygen atoms in total. The first-order valence-corrected chi connectivity index (χ1v) is 5.05. The molecule has 0 aliphatic carbocycles. The zero-order valence-electron chi connectivity index (χ0n) is 8.51. The van der Waals surface area contributed by atoms with Gasteiger partial charge in [0.1, 0.15) is 0 Å². The summed E-state index contributed by atoms with van der Waals surface area (Å²) in [6.07, 6.45) is 2.79. The van der Waals surface area contributed by atoms with Gasteiger partial charge in [-0.25, -0.2) is 0 Å². The Morgan fingerprint density at radius 2 is 2.08 bits per heavy atom. The number of hydrogen-bond acceptors (Lipinski definition) is 2. The van der Waals surface area contributed by atoms with Crippen LogP contribution in [-0.2, 0) is 0 Å². The van der Waals surface area contributed by atoms with E-state index < -0.39 is 0 Å². The van der Waals surface area contributed by atoms with Gasteiger partial charge >= 0.3 is 0 Å². The first kappa shape index (κ1) is 8.52. The van der Waals surface area contributed by atoms with E-state index in [4.69, 9.17) is 0 Å².